The van der Waals surface area contributed by atoms with Gasteiger partial charge in [-0.15, -0.1) is 11.3 Å². The Morgan fingerprint density at radius 1 is 1.50 bits per heavy atom. The Labute approximate surface area is 143 Å². The maximum atomic E-state index is 12.1. The highest BCUT2D eigenvalue weighted by Gasteiger charge is 2.15. The van der Waals surface area contributed by atoms with E-state index >= 15 is 0 Å². The van der Waals surface area contributed by atoms with E-state index in [0.29, 0.717) is 21.9 Å². The van der Waals surface area contributed by atoms with E-state index in [0.717, 1.165) is 16.1 Å². The van der Waals surface area contributed by atoms with Gasteiger partial charge < -0.3 is 15.0 Å². The van der Waals surface area contributed by atoms with Gasteiger partial charge in [0.05, 0.1) is 6.42 Å². The summed E-state index contributed by atoms with van der Waals surface area (Å²) in [5.41, 5.74) is 1.81. The molecule has 0 spiro atoms. The summed E-state index contributed by atoms with van der Waals surface area (Å²) in [5, 5.41) is 3.51. The van der Waals surface area contributed by atoms with Gasteiger partial charge in [0, 0.05) is 34.8 Å². The first-order valence-corrected chi connectivity index (χ1v) is 8.34. The second kappa shape index (κ2) is 7.87. The molecule has 0 aliphatic heterocycles. The third-order valence-electron chi connectivity index (χ3n) is 3.27. The third kappa shape index (κ3) is 4.39. The molecule has 0 aliphatic rings. The molecule has 118 valence electrons. The Hall–Kier alpha value is -1.21. The van der Waals surface area contributed by atoms with E-state index in [-0.39, 0.29) is 12.0 Å². The number of nitrogens with one attached hydrogen (secondary N) is 2. The Bertz CT molecular complexity index is 712. The van der Waals surface area contributed by atoms with E-state index in [2.05, 4.69) is 10.3 Å². The molecule has 0 bridgehead atoms. The molecule has 1 amide bonds. The molecular weight excluding hydrogens is 340 g/mol. The minimum Gasteiger partial charge on any atom is -0.375 e. The molecule has 0 saturated heterocycles. The molecule has 1 aromatic carbocycles. The number of amides is 1. The van der Waals surface area contributed by atoms with Crippen molar-refractivity contribution in [2.45, 2.75) is 19.4 Å². The predicted octanol–water partition coefficient (Wildman–Crippen LogP) is 3.81. The van der Waals surface area contributed by atoms with Crippen molar-refractivity contribution in [3.8, 4) is 0 Å². The Balaban J connectivity index is 1.96. The number of aromatic amines is 1. The zero-order chi connectivity index (χ0) is 16.1. The SMILES string of the molecule is CO[C@H](CNC(=O)Cc1sc(=S)[nH]c1C)c1ccccc1Cl. The quantitative estimate of drug-likeness (QED) is 0.774. The van der Waals surface area contributed by atoms with Crippen molar-refractivity contribution in [1.29, 1.82) is 0 Å². The van der Waals surface area contributed by atoms with Gasteiger partial charge in [0.25, 0.3) is 0 Å². The average molecular weight is 357 g/mol. The summed E-state index contributed by atoms with van der Waals surface area (Å²) >= 11 is 12.7. The van der Waals surface area contributed by atoms with E-state index in [9.17, 15) is 4.79 Å². The van der Waals surface area contributed by atoms with Crippen LogP contribution in [-0.2, 0) is 16.0 Å². The van der Waals surface area contributed by atoms with Gasteiger partial charge in [0.2, 0.25) is 5.91 Å². The second-order valence-electron chi connectivity index (χ2n) is 4.79. The number of benzene rings is 1. The van der Waals surface area contributed by atoms with Gasteiger partial charge in [-0.25, -0.2) is 0 Å². The molecule has 2 rings (SSSR count). The summed E-state index contributed by atoms with van der Waals surface area (Å²) < 4.78 is 6.11. The second-order valence-corrected chi connectivity index (χ2v) is 6.97. The molecular formula is C15H17ClN2O2S2. The lowest BCUT2D eigenvalue weighted by Crippen LogP contribution is -2.30. The lowest BCUT2D eigenvalue weighted by molar-refractivity contribution is -0.121. The number of aromatic nitrogens is 1. The summed E-state index contributed by atoms with van der Waals surface area (Å²) in [6.07, 6.45) is 0.0333. The number of halogens is 1. The fourth-order valence-electron chi connectivity index (χ4n) is 2.08. The molecule has 2 aromatic rings. The van der Waals surface area contributed by atoms with Crippen molar-refractivity contribution >= 4 is 41.1 Å². The first-order valence-electron chi connectivity index (χ1n) is 6.73. The molecule has 0 aliphatic carbocycles. The molecule has 1 atom stereocenters. The number of hydrogen-bond acceptors (Lipinski definition) is 4. The van der Waals surface area contributed by atoms with Gasteiger partial charge >= 0.3 is 0 Å². The summed E-state index contributed by atoms with van der Waals surface area (Å²) in [6.45, 7) is 2.28. The number of H-pyrrole nitrogens is 1. The molecule has 0 unspecified atom stereocenters. The Kier molecular flexibility index (Phi) is 6.14. The van der Waals surface area contributed by atoms with Crippen molar-refractivity contribution in [1.82, 2.24) is 10.3 Å². The molecule has 7 heteroatoms. The number of carbonyl (C=O) groups excluding carboxylic acids is 1. The number of hydrogen-bond donors (Lipinski definition) is 2. The van der Waals surface area contributed by atoms with Gasteiger partial charge in [-0.3, -0.25) is 4.79 Å². The normalized spacial score (nSPS) is 12.1. The zero-order valence-corrected chi connectivity index (χ0v) is 14.7. The van der Waals surface area contributed by atoms with Crippen LogP contribution in [0.15, 0.2) is 24.3 Å². The molecule has 22 heavy (non-hydrogen) atoms. The summed E-state index contributed by atoms with van der Waals surface area (Å²) in [6, 6.07) is 7.45. The van der Waals surface area contributed by atoms with E-state index in [4.69, 9.17) is 28.6 Å². The lowest BCUT2D eigenvalue weighted by atomic mass is 10.1. The molecule has 0 saturated carbocycles. The summed E-state index contributed by atoms with van der Waals surface area (Å²) in [4.78, 5) is 16.1. The Morgan fingerprint density at radius 2 is 2.23 bits per heavy atom. The number of ether oxygens (including phenoxy) is 1. The van der Waals surface area contributed by atoms with Crippen molar-refractivity contribution in [3.05, 3.63) is 49.4 Å². The minimum absolute atomic E-state index is 0.0672. The minimum atomic E-state index is -0.275. The highest BCUT2D eigenvalue weighted by Crippen LogP contribution is 2.24. The van der Waals surface area contributed by atoms with Crippen LogP contribution in [0.3, 0.4) is 0 Å². The van der Waals surface area contributed by atoms with E-state index in [1.165, 1.54) is 11.3 Å². The molecule has 1 aromatic heterocycles. The van der Waals surface area contributed by atoms with Crippen molar-refractivity contribution in [2.75, 3.05) is 13.7 Å². The van der Waals surface area contributed by atoms with Gasteiger partial charge in [-0.1, -0.05) is 29.8 Å². The van der Waals surface area contributed by atoms with Crippen LogP contribution in [-0.4, -0.2) is 24.5 Å². The highest BCUT2D eigenvalue weighted by atomic mass is 35.5. The standard InChI is InChI=1S/C15H17ClN2O2S2/c1-9-13(22-15(21)18-9)7-14(19)17-8-12(20-2)10-5-3-4-6-11(10)16/h3-6,12H,7-8H2,1-2H3,(H,17,19)(H,18,21)/t12-/m1/s1. The first kappa shape index (κ1) is 17.1. The number of carbonyl (C=O) groups is 1. The van der Waals surface area contributed by atoms with Crippen LogP contribution in [0.4, 0.5) is 0 Å². The fraction of sp³-hybridized carbons (Fsp3) is 0.333. The van der Waals surface area contributed by atoms with Crippen molar-refractivity contribution in [2.24, 2.45) is 0 Å². The molecule has 0 fully saturated rings. The van der Waals surface area contributed by atoms with Gasteiger partial charge in [-0.2, -0.15) is 0 Å². The Morgan fingerprint density at radius 3 is 2.82 bits per heavy atom. The van der Waals surface area contributed by atoms with Crippen LogP contribution in [0.25, 0.3) is 0 Å². The smallest absolute Gasteiger partial charge is 0.225 e. The summed E-state index contributed by atoms with van der Waals surface area (Å²) in [7, 11) is 1.60. The molecule has 0 radical (unpaired) electrons. The van der Waals surface area contributed by atoms with Crippen LogP contribution in [0.5, 0.6) is 0 Å². The lowest BCUT2D eigenvalue weighted by Gasteiger charge is -2.17. The van der Waals surface area contributed by atoms with Crippen LogP contribution in [0.1, 0.15) is 22.2 Å². The maximum Gasteiger partial charge on any atom is 0.225 e. The van der Waals surface area contributed by atoms with Crippen LogP contribution >= 0.6 is 35.2 Å². The molecule has 1 heterocycles. The highest BCUT2D eigenvalue weighted by molar-refractivity contribution is 7.73. The molecule has 4 nitrogen and oxygen atoms in total. The van der Waals surface area contributed by atoms with Gasteiger partial charge in [0.15, 0.2) is 3.95 Å². The number of rotatable bonds is 6. The van der Waals surface area contributed by atoms with E-state index in [1.807, 2.05) is 25.1 Å². The van der Waals surface area contributed by atoms with E-state index < -0.39 is 0 Å². The largest absolute Gasteiger partial charge is 0.375 e. The fourth-order valence-corrected chi connectivity index (χ4v) is 3.62. The van der Waals surface area contributed by atoms with Crippen LogP contribution in [0, 0.1) is 10.9 Å². The van der Waals surface area contributed by atoms with E-state index in [1.54, 1.807) is 13.2 Å². The van der Waals surface area contributed by atoms with Crippen molar-refractivity contribution < 1.29 is 9.53 Å². The maximum absolute atomic E-state index is 12.1. The average Bonchev–Trinajstić information content (AvgIpc) is 2.79. The van der Waals surface area contributed by atoms with Crippen LogP contribution in [0.2, 0.25) is 5.02 Å². The zero-order valence-electron chi connectivity index (χ0n) is 12.3. The molecule has 2 N–H and O–H groups in total. The summed E-state index contributed by atoms with van der Waals surface area (Å²) in [5.74, 6) is -0.0672. The first-order chi connectivity index (χ1) is 10.5. The number of aryl methyl sites for hydroxylation is 1. The third-order valence-corrected chi connectivity index (χ3v) is 4.95. The monoisotopic (exact) mass is 356 g/mol. The predicted molar refractivity (Wildman–Crippen MR) is 92.2 cm³/mol. The van der Waals surface area contributed by atoms with Crippen LogP contribution < -0.4 is 5.32 Å². The van der Waals surface area contributed by atoms with Gasteiger partial charge in [0.1, 0.15) is 6.10 Å². The van der Waals surface area contributed by atoms with Gasteiger partial charge in [-0.05, 0) is 25.2 Å². The number of thiazole rings is 1. The van der Waals surface area contributed by atoms with Crippen molar-refractivity contribution in [3.63, 3.8) is 0 Å². The topological polar surface area (TPSA) is 54.1 Å². The number of methoxy groups -OCH3 is 1.